The van der Waals surface area contributed by atoms with Gasteiger partial charge in [-0.25, -0.2) is 4.79 Å². The molecule has 0 N–H and O–H groups in total. The summed E-state index contributed by atoms with van der Waals surface area (Å²) >= 11 is -0.539. The number of ether oxygens (including phenoxy) is 1. The summed E-state index contributed by atoms with van der Waals surface area (Å²) in [5.41, 5.74) is -5.76. The van der Waals surface area contributed by atoms with Crippen molar-refractivity contribution in [3.8, 4) is 6.07 Å². The number of thioether (sulfide) groups is 1. The first-order chi connectivity index (χ1) is 9.34. The molecule has 0 aromatic heterocycles. The highest BCUT2D eigenvalue weighted by atomic mass is 32.2. The third-order valence-corrected chi connectivity index (χ3v) is 2.94. The molecule has 0 aliphatic carbocycles. The molecule has 1 aromatic carbocycles. The van der Waals surface area contributed by atoms with E-state index in [0.29, 0.717) is 0 Å². The van der Waals surface area contributed by atoms with E-state index in [4.69, 9.17) is 5.26 Å². The molecule has 0 heterocycles. The fourth-order valence-corrected chi connectivity index (χ4v) is 2.12. The molecule has 8 heteroatoms. The number of carbonyl (C=O) groups excluding carboxylic acids is 2. The van der Waals surface area contributed by atoms with Gasteiger partial charge in [0.05, 0.1) is 23.8 Å². The molecule has 0 atom stereocenters. The molecule has 1 aromatic rings. The summed E-state index contributed by atoms with van der Waals surface area (Å²) in [6.45, 7) is 1.41. The lowest BCUT2D eigenvalue weighted by Gasteiger charge is -2.13. The first-order valence-electron chi connectivity index (χ1n) is 5.29. The standard InChI is InChI=1S/C12H8F3NO3S/c1-2-19-11(18)10-8(6-17)7(5-16)3-4-9(10)20-12(13,14)15/h3-4,6H,2H2,1H3. The Balaban J connectivity index is 3.48. The van der Waals surface area contributed by atoms with Gasteiger partial charge in [0, 0.05) is 10.5 Å². The minimum atomic E-state index is -4.63. The van der Waals surface area contributed by atoms with Crippen molar-refractivity contribution in [1.82, 2.24) is 0 Å². The molecule has 0 fully saturated rings. The van der Waals surface area contributed by atoms with Gasteiger partial charge >= 0.3 is 11.5 Å². The number of rotatable bonds is 4. The highest BCUT2D eigenvalue weighted by Crippen LogP contribution is 2.40. The van der Waals surface area contributed by atoms with E-state index < -0.39 is 39.3 Å². The van der Waals surface area contributed by atoms with Crippen molar-refractivity contribution in [3.05, 3.63) is 28.8 Å². The second-order valence-electron chi connectivity index (χ2n) is 3.40. The van der Waals surface area contributed by atoms with Crippen LogP contribution in [0.25, 0.3) is 0 Å². The molecule has 0 amide bonds. The van der Waals surface area contributed by atoms with Crippen LogP contribution in [0.2, 0.25) is 0 Å². The fourth-order valence-electron chi connectivity index (χ4n) is 1.44. The summed E-state index contributed by atoms with van der Waals surface area (Å²) in [7, 11) is 0. The molecule has 0 aliphatic rings. The van der Waals surface area contributed by atoms with Crippen LogP contribution in [0.1, 0.15) is 33.2 Å². The number of hydrogen-bond acceptors (Lipinski definition) is 5. The Hall–Kier alpha value is -2.01. The van der Waals surface area contributed by atoms with Gasteiger partial charge in [-0.3, -0.25) is 4.79 Å². The number of carbonyl (C=O) groups is 2. The Labute approximate surface area is 116 Å². The molecule has 0 saturated heterocycles. The topological polar surface area (TPSA) is 67.2 Å². The molecule has 20 heavy (non-hydrogen) atoms. The summed E-state index contributed by atoms with van der Waals surface area (Å²) in [6, 6.07) is 3.67. The zero-order chi connectivity index (χ0) is 15.3. The van der Waals surface area contributed by atoms with Crippen molar-refractivity contribution in [3.63, 3.8) is 0 Å². The smallest absolute Gasteiger partial charge is 0.446 e. The number of benzene rings is 1. The second-order valence-corrected chi connectivity index (χ2v) is 4.50. The van der Waals surface area contributed by atoms with Gasteiger partial charge < -0.3 is 4.74 Å². The monoisotopic (exact) mass is 303 g/mol. The van der Waals surface area contributed by atoms with E-state index in [0.717, 1.165) is 12.1 Å². The number of nitriles is 1. The lowest BCUT2D eigenvalue weighted by molar-refractivity contribution is -0.0328. The number of alkyl halides is 3. The molecular formula is C12H8F3NO3S. The van der Waals surface area contributed by atoms with Crippen LogP contribution in [0.15, 0.2) is 17.0 Å². The van der Waals surface area contributed by atoms with E-state index >= 15 is 0 Å². The van der Waals surface area contributed by atoms with Gasteiger partial charge in [-0.15, -0.1) is 0 Å². The van der Waals surface area contributed by atoms with Crippen LogP contribution in [0.3, 0.4) is 0 Å². The third-order valence-electron chi connectivity index (χ3n) is 2.15. The summed E-state index contributed by atoms with van der Waals surface area (Å²) in [5, 5.41) is 8.82. The zero-order valence-electron chi connectivity index (χ0n) is 10.2. The first kappa shape index (κ1) is 16.0. The van der Waals surface area contributed by atoms with Crippen LogP contribution in [0, 0.1) is 11.3 Å². The van der Waals surface area contributed by atoms with Crippen molar-refractivity contribution in [2.24, 2.45) is 0 Å². The van der Waals surface area contributed by atoms with Gasteiger partial charge in [-0.05, 0) is 30.8 Å². The summed E-state index contributed by atoms with van der Waals surface area (Å²) < 4.78 is 42.0. The minimum absolute atomic E-state index is 0.0654. The van der Waals surface area contributed by atoms with Crippen LogP contribution < -0.4 is 0 Å². The Morgan fingerprint density at radius 1 is 1.50 bits per heavy atom. The van der Waals surface area contributed by atoms with Gasteiger partial charge in [0.1, 0.15) is 0 Å². The second kappa shape index (κ2) is 6.43. The molecule has 0 saturated carbocycles. The SMILES string of the molecule is CCOC(=O)c1c(SC(F)(F)F)ccc(C#N)c1C=O. The molecular weight excluding hydrogens is 295 g/mol. The van der Waals surface area contributed by atoms with Crippen LogP contribution >= 0.6 is 11.8 Å². The van der Waals surface area contributed by atoms with Crippen molar-refractivity contribution in [2.45, 2.75) is 17.3 Å². The van der Waals surface area contributed by atoms with Crippen molar-refractivity contribution in [1.29, 1.82) is 5.26 Å². The van der Waals surface area contributed by atoms with Crippen LogP contribution in [-0.4, -0.2) is 24.4 Å². The van der Waals surface area contributed by atoms with Gasteiger partial charge in [0.25, 0.3) is 0 Å². The van der Waals surface area contributed by atoms with Crippen molar-refractivity contribution < 1.29 is 27.5 Å². The number of esters is 1. The van der Waals surface area contributed by atoms with E-state index in [9.17, 15) is 22.8 Å². The van der Waals surface area contributed by atoms with E-state index in [1.54, 1.807) is 6.07 Å². The van der Waals surface area contributed by atoms with Gasteiger partial charge in [0.15, 0.2) is 6.29 Å². The van der Waals surface area contributed by atoms with Crippen LogP contribution in [0.4, 0.5) is 13.2 Å². The lowest BCUT2D eigenvalue weighted by Crippen LogP contribution is -2.13. The molecule has 106 valence electrons. The zero-order valence-corrected chi connectivity index (χ0v) is 11.0. The first-order valence-corrected chi connectivity index (χ1v) is 6.10. The average Bonchev–Trinajstić information content (AvgIpc) is 2.36. The van der Waals surface area contributed by atoms with E-state index in [-0.39, 0.29) is 18.5 Å². The van der Waals surface area contributed by atoms with E-state index in [1.807, 2.05) is 0 Å². The Morgan fingerprint density at radius 2 is 2.15 bits per heavy atom. The molecule has 1 rings (SSSR count). The molecule has 4 nitrogen and oxygen atoms in total. The maximum Gasteiger partial charge on any atom is 0.446 e. The maximum absolute atomic E-state index is 12.4. The summed E-state index contributed by atoms with van der Waals surface area (Å²) in [4.78, 5) is 22.2. The predicted octanol–water partition coefficient (Wildman–Crippen LogP) is 3.16. The van der Waals surface area contributed by atoms with E-state index in [1.165, 1.54) is 6.92 Å². The summed E-state index contributed by atoms with van der Waals surface area (Å²) in [5.74, 6) is -1.07. The van der Waals surface area contributed by atoms with Crippen molar-refractivity contribution in [2.75, 3.05) is 6.61 Å². The predicted molar refractivity (Wildman–Crippen MR) is 64.4 cm³/mol. The largest absolute Gasteiger partial charge is 0.462 e. The Kier molecular flexibility index (Phi) is 5.16. The maximum atomic E-state index is 12.4. The van der Waals surface area contributed by atoms with Gasteiger partial charge in [0.2, 0.25) is 0 Å². The van der Waals surface area contributed by atoms with Crippen LogP contribution in [-0.2, 0) is 4.74 Å². The Morgan fingerprint density at radius 3 is 2.60 bits per heavy atom. The number of nitrogens with zero attached hydrogens (tertiary/aromatic N) is 1. The highest BCUT2D eigenvalue weighted by Gasteiger charge is 2.33. The average molecular weight is 303 g/mol. The molecule has 0 spiro atoms. The molecule has 0 bridgehead atoms. The highest BCUT2D eigenvalue weighted by molar-refractivity contribution is 8.00. The molecule has 0 radical (unpaired) electrons. The van der Waals surface area contributed by atoms with Crippen LogP contribution in [0.5, 0.6) is 0 Å². The Bertz CT molecular complexity index is 579. The number of hydrogen-bond donors (Lipinski definition) is 0. The minimum Gasteiger partial charge on any atom is -0.462 e. The molecule has 0 aliphatic heterocycles. The quantitative estimate of drug-likeness (QED) is 0.485. The third kappa shape index (κ3) is 3.74. The number of halogens is 3. The fraction of sp³-hybridized carbons (Fsp3) is 0.250. The van der Waals surface area contributed by atoms with E-state index in [2.05, 4.69) is 4.74 Å². The summed E-state index contributed by atoms with van der Waals surface area (Å²) in [6.07, 6.45) is 0.172. The van der Waals surface area contributed by atoms with Gasteiger partial charge in [-0.1, -0.05) is 0 Å². The number of aldehydes is 1. The lowest BCUT2D eigenvalue weighted by atomic mass is 10.0. The van der Waals surface area contributed by atoms with Crippen molar-refractivity contribution >= 4 is 24.0 Å². The van der Waals surface area contributed by atoms with Gasteiger partial charge in [-0.2, -0.15) is 18.4 Å². The normalized spacial score (nSPS) is 10.8. The molecule has 0 unspecified atom stereocenters.